The molecule has 0 spiro atoms. The highest BCUT2D eigenvalue weighted by atomic mass is 35.5. The predicted molar refractivity (Wildman–Crippen MR) is 86.0 cm³/mol. The van der Waals surface area contributed by atoms with E-state index in [0.717, 1.165) is 0 Å². The molecule has 1 saturated heterocycles. The average Bonchev–Trinajstić information content (AvgIpc) is 3.02. The fraction of sp³-hybridized carbons (Fsp3) is 0.400. The second-order valence-electron chi connectivity index (χ2n) is 5.39. The normalized spacial score (nSPS) is 19.3. The number of benzene rings is 1. The van der Waals surface area contributed by atoms with Crippen LogP contribution in [0.4, 0.5) is 0 Å². The number of carboxylic acids is 1. The van der Waals surface area contributed by atoms with Gasteiger partial charge in [-0.3, -0.25) is 9.59 Å². The average molecular weight is 373 g/mol. The van der Waals surface area contributed by atoms with E-state index < -0.39 is 29.9 Å². The molecule has 1 aromatic carbocycles. The maximum atomic E-state index is 12.4. The van der Waals surface area contributed by atoms with Gasteiger partial charge in [-0.05, 0) is 12.1 Å². The Morgan fingerprint density at radius 2 is 2.16 bits per heavy atom. The van der Waals surface area contributed by atoms with Gasteiger partial charge in [-0.1, -0.05) is 11.6 Å². The first kappa shape index (κ1) is 18.8. The van der Waals surface area contributed by atoms with E-state index in [0.29, 0.717) is 0 Å². The maximum Gasteiger partial charge on any atom is 0.331 e. The van der Waals surface area contributed by atoms with Crippen LogP contribution in [0.1, 0.15) is 16.8 Å². The largest absolute Gasteiger partial charge is 0.493 e. The molecular weight excluding hydrogens is 356 g/mol. The zero-order chi connectivity index (χ0) is 18.6. The van der Waals surface area contributed by atoms with Crippen molar-refractivity contribution in [2.24, 2.45) is 5.73 Å². The molecule has 2 amide bonds. The number of primary amides is 1. The SMILES string of the molecule is COc1cc(C(=O)NC2(C(=O)O)CCOC2)cc(Cl)c1OCC(N)=O. The predicted octanol–water partition coefficient (Wildman–Crippen LogP) is 0.186. The van der Waals surface area contributed by atoms with Crippen molar-refractivity contribution in [2.75, 3.05) is 26.9 Å². The molecule has 1 atom stereocenters. The van der Waals surface area contributed by atoms with Gasteiger partial charge in [0.2, 0.25) is 0 Å². The lowest BCUT2D eigenvalue weighted by molar-refractivity contribution is -0.144. The number of nitrogens with one attached hydrogen (secondary N) is 1. The summed E-state index contributed by atoms with van der Waals surface area (Å²) in [4.78, 5) is 34.8. The molecule has 1 aliphatic rings. The Kier molecular flexibility index (Phi) is 5.70. The Bertz CT molecular complexity index is 701. The van der Waals surface area contributed by atoms with E-state index >= 15 is 0 Å². The minimum atomic E-state index is -1.49. The summed E-state index contributed by atoms with van der Waals surface area (Å²) in [5.41, 5.74) is 3.60. The van der Waals surface area contributed by atoms with Crippen molar-refractivity contribution in [2.45, 2.75) is 12.0 Å². The lowest BCUT2D eigenvalue weighted by Gasteiger charge is -2.24. The quantitative estimate of drug-likeness (QED) is 0.621. The molecule has 0 aromatic heterocycles. The Morgan fingerprint density at radius 1 is 1.44 bits per heavy atom. The standard InChI is InChI=1S/C15H17ClN2O7/c1-23-10-5-8(4-9(16)12(10)25-6-11(17)19)13(20)18-15(14(21)22)2-3-24-7-15/h4-5H,2-3,6-7H2,1H3,(H2,17,19)(H,18,20)(H,21,22). The molecule has 10 heteroatoms. The molecular formula is C15H17ClN2O7. The molecule has 1 aliphatic heterocycles. The fourth-order valence-corrected chi connectivity index (χ4v) is 2.57. The van der Waals surface area contributed by atoms with Gasteiger partial charge in [0.15, 0.2) is 23.6 Å². The Labute approximate surface area is 148 Å². The zero-order valence-electron chi connectivity index (χ0n) is 13.3. The summed E-state index contributed by atoms with van der Waals surface area (Å²) < 4.78 is 15.4. The van der Waals surface area contributed by atoms with Gasteiger partial charge in [-0.15, -0.1) is 0 Å². The number of carbonyl (C=O) groups excluding carboxylic acids is 2. The van der Waals surface area contributed by atoms with Crippen molar-refractivity contribution in [3.63, 3.8) is 0 Å². The van der Waals surface area contributed by atoms with Crippen LogP contribution in [0.15, 0.2) is 12.1 Å². The number of methoxy groups -OCH3 is 1. The molecule has 2 rings (SSSR count). The number of carbonyl (C=O) groups is 3. The van der Waals surface area contributed by atoms with Crippen molar-refractivity contribution < 1.29 is 33.7 Å². The number of halogens is 1. The second-order valence-corrected chi connectivity index (χ2v) is 5.80. The summed E-state index contributed by atoms with van der Waals surface area (Å²) in [6.07, 6.45) is 0.152. The van der Waals surface area contributed by atoms with Crippen LogP contribution < -0.4 is 20.5 Å². The Balaban J connectivity index is 2.26. The van der Waals surface area contributed by atoms with Gasteiger partial charge < -0.3 is 30.4 Å². The second kappa shape index (κ2) is 7.58. The third-order valence-electron chi connectivity index (χ3n) is 3.63. The van der Waals surface area contributed by atoms with E-state index in [2.05, 4.69) is 5.32 Å². The summed E-state index contributed by atoms with van der Waals surface area (Å²) in [5.74, 6) is -2.39. The molecule has 9 nitrogen and oxygen atoms in total. The third-order valence-corrected chi connectivity index (χ3v) is 3.91. The van der Waals surface area contributed by atoms with Crippen LogP contribution in [0.5, 0.6) is 11.5 Å². The minimum Gasteiger partial charge on any atom is -0.493 e. The van der Waals surface area contributed by atoms with Gasteiger partial charge >= 0.3 is 5.97 Å². The summed E-state index contributed by atoms with van der Waals surface area (Å²) in [6, 6.07) is 2.60. The smallest absolute Gasteiger partial charge is 0.331 e. The van der Waals surface area contributed by atoms with E-state index in [9.17, 15) is 19.5 Å². The van der Waals surface area contributed by atoms with Crippen LogP contribution in [0, 0.1) is 0 Å². The molecule has 1 heterocycles. The van der Waals surface area contributed by atoms with Gasteiger partial charge in [-0.2, -0.15) is 0 Å². The summed E-state index contributed by atoms with van der Waals surface area (Å²) >= 11 is 6.08. The van der Waals surface area contributed by atoms with Crippen LogP contribution in [0.25, 0.3) is 0 Å². The van der Waals surface area contributed by atoms with Crippen LogP contribution in [0.3, 0.4) is 0 Å². The van der Waals surface area contributed by atoms with E-state index in [-0.39, 0.29) is 41.7 Å². The number of rotatable bonds is 7. The van der Waals surface area contributed by atoms with Crippen LogP contribution in [0.2, 0.25) is 5.02 Å². The Morgan fingerprint density at radius 3 is 2.68 bits per heavy atom. The summed E-state index contributed by atoms with van der Waals surface area (Å²) in [5, 5.41) is 11.8. The molecule has 1 unspecified atom stereocenters. The molecule has 1 aromatic rings. The van der Waals surface area contributed by atoms with Gasteiger partial charge in [0, 0.05) is 18.6 Å². The highest BCUT2D eigenvalue weighted by molar-refractivity contribution is 6.32. The number of aliphatic carboxylic acids is 1. The van der Waals surface area contributed by atoms with Crippen LogP contribution in [-0.4, -0.2) is 55.4 Å². The first-order chi connectivity index (χ1) is 11.8. The van der Waals surface area contributed by atoms with Crippen LogP contribution >= 0.6 is 11.6 Å². The van der Waals surface area contributed by atoms with E-state index in [1.54, 1.807) is 0 Å². The highest BCUT2D eigenvalue weighted by Crippen LogP contribution is 2.36. The molecule has 1 fully saturated rings. The zero-order valence-corrected chi connectivity index (χ0v) is 14.1. The molecule has 25 heavy (non-hydrogen) atoms. The first-order valence-electron chi connectivity index (χ1n) is 7.21. The third kappa shape index (κ3) is 4.12. The topological polar surface area (TPSA) is 137 Å². The van der Waals surface area contributed by atoms with Crippen molar-refractivity contribution in [1.29, 1.82) is 0 Å². The monoisotopic (exact) mass is 372 g/mol. The number of ether oxygens (including phenoxy) is 3. The molecule has 0 aliphatic carbocycles. The van der Waals surface area contributed by atoms with Crippen molar-refractivity contribution >= 4 is 29.4 Å². The maximum absolute atomic E-state index is 12.4. The summed E-state index contributed by atoms with van der Waals surface area (Å²) in [6.45, 7) is -0.309. The van der Waals surface area contributed by atoms with Gasteiger partial charge in [0.25, 0.3) is 11.8 Å². The number of hydrogen-bond acceptors (Lipinski definition) is 6. The Hall–Kier alpha value is -2.52. The molecule has 0 saturated carbocycles. The van der Waals surface area contributed by atoms with E-state index in [1.165, 1.54) is 19.2 Å². The lowest BCUT2D eigenvalue weighted by Crippen LogP contribution is -2.55. The van der Waals surface area contributed by atoms with E-state index in [4.69, 9.17) is 31.5 Å². The van der Waals surface area contributed by atoms with Crippen molar-refractivity contribution in [1.82, 2.24) is 5.32 Å². The highest BCUT2D eigenvalue weighted by Gasteiger charge is 2.44. The molecule has 4 N–H and O–H groups in total. The fourth-order valence-electron chi connectivity index (χ4n) is 2.31. The summed E-state index contributed by atoms with van der Waals surface area (Å²) in [7, 11) is 1.33. The molecule has 0 bridgehead atoms. The number of hydrogen-bond donors (Lipinski definition) is 3. The number of nitrogens with two attached hydrogens (primary N) is 1. The number of carboxylic acid groups (broad SMARTS) is 1. The lowest BCUT2D eigenvalue weighted by atomic mass is 9.98. The van der Waals surface area contributed by atoms with Gasteiger partial charge in [-0.25, -0.2) is 4.79 Å². The molecule has 136 valence electrons. The van der Waals surface area contributed by atoms with Crippen LogP contribution in [-0.2, 0) is 14.3 Å². The van der Waals surface area contributed by atoms with E-state index in [1.807, 2.05) is 0 Å². The first-order valence-corrected chi connectivity index (χ1v) is 7.59. The van der Waals surface area contributed by atoms with Crippen molar-refractivity contribution in [3.8, 4) is 11.5 Å². The number of amides is 2. The van der Waals surface area contributed by atoms with Gasteiger partial charge in [0.1, 0.15) is 0 Å². The minimum absolute atomic E-state index is 0.0118. The molecule has 0 radical (unpaired) electrons. The van der Waals surface area contributed by atoms with Gasteiger partial charge in [0.05, 0.1) is 18.7 Å². The van der Waals surface area contributed by atoms with Crippen molar-refractivity contribution in [3.05, 3.63) is 22.7 Å².